The minimum Gasteiger partial charge on any atom is -0.480 e. The molecule has 0 aliphatic heterocycles. The number of aliphatic hydroxyl groups excluding tert-OH is 1. The average Bonchev–Trinajstić information content (AvgIpc) is 3.14. The van der Waals surface area contributed by atoms with Crippen LogP contribution in [-0.2, 0) is 14.3 Å². The van der Waals surface area contributed by atoms with Crippen molar-refractivity contribution in [3.05, 3.63) is 59.7 Å². The summed E-state index contributed by atoms with van der Waals surface area (Å²) in [6, 6.07) is 14.9. The third kappa shape index (κ3) is 5.34. The van der Waals surface area contributed by atoms with Crippen LogP contribution in [0.3, 0.4) is 0 Å². The molecule has 0 saturated carbocycles. The molecular weight excluding hydrogens is 424 g/mol. The first kappa shape index (κ1) is 24.3. The lowest BCUT2D eigenvalue weighted by Crippen LogP contribution is -2.51. The Labute approximate surface area is 193 Å². The lowest BCUT2D eigenvalue weighted by molar-refractivity contribution is -0.144. The Kier molecular flexibility index (Phi) is 7.71. The Morgan fingerprint density at radius 3 is 2.15 bits per heavy atom. The highest BCUT2D eigenvalue weighted by molar-refractivity contribution is 5.87. The summed E-state index contributed by atoms with van der Waals surface area (Å²) in [6.07, 6.45) is -0.372. The highest BCUT2D eigenvalue weighted by Crippen LogP contribution is 2.44. The van der Waals surface area contributed by atoms with Gasteiger partial charge in [0.1, 0.15) is 12.6 Å². The molecule has 0 aromatic heterocycles. The first-order chi connectivity index (χ1) is 15.8. The average molecular weight is 455 g/mol. The Morgan fingerprint density at radius 2 is 1.64 bits per heavy atom. The second kappa shape index (κ2) is 10.5. The number of benzene rings is 2. The van der Waals surface area contributed by atoms with Gasteiger partial charge in [0.05, 0.1) is 5.41 Å². The van der Waals surface area contributed by atoms with Crippen LogP contribution in [0.4, 0.5) is 4.79 Å². The maximum absolute atomic E-state index is 12.7. The summed E-state index contributed by atoms with van der Waals surface area (Å²) in [5, 5.41) is 23.3. The lowest BCUT2D eigenvalue weighted by Gasteiger charge is -2.28. The van der Waals surface area contributed by atoms with Crippen molar-refractivity contribution < 1.29 is 29.3 Å². The van der Waals surface area contributed by atoms with Crippen LogP contribution < -0.4 is 10.6 Å². The normalized spacial score (nSPS) is 15.0. The molecule has 176 valence electrons. The zero-order valence-corrected chi connectivity index (χ0v) is 18.8. The highest BCUT2D eigenvalue weighted by atomic mass is 16.5. The molecule has 2 atom stereocenters. The van der Waals surface area contributed by atoms with Crippen molar-refractivity contribution >= 4 is 18.0 Å². The van der Waals surface area contributed by atoms with Gasteiger partial charge in [-0.15, -0.1) is 0 Å². The topological polar surface area (TPSA) is 125 Å². The number of carbonyl (C=O) groups is 3. The standard InChI is InChI=1S/C25H30N2O6/c1-3-25(2,23(31)27-21(12-13-28)22(29)30)15-26-24(32)33-14-20-18-10-6-4-8-16(18)17-9-5-7-11-19(17)20/h4-11,20-21,28H,3,12-15H2,1-2H3,(H,26,32)(H,27,31)(H,29,30)/t21-,25?/m0/s1. The molecule has 0 radical (unpaired) electrons. The van der Waals surface area contributed by atoms with Gasteiger partial charge in [-0.1, -0.05) is 55.5 Å². The Morgan fingerprint density at radius 1 is 1.06 bits per heavy atom. The van der Waals surface area contributed by atoms with E-state index in [1.165, 1.54) is 0 Å². The summed E-state index contributed by atoms with van der Waals surface area (Å²) < 4.78 is 5.51. The maximum atomic E-state index is 12.7. The van der Waals surface area contributed by atoms with Gasteiger partial charge in [-0.05, 0) is 35.6 Å². The molecule has 2 amide bonds. The van der Waals surface area contributed by atoms with E-state index in [1.54, 1.807) is 13.8 Å². The number of carbonyl (C=O) groups excluding carboxylic acids is 2. The van der Waals surface area contributed by atoms with Gasteiger partial charge < -0.3 is 25.6 Å². The van der Waals surface area contributed by atoms with Crippen LogP contribution in [0.25, 0.3) is 11.1 Å². The summed E-state index contributed by atoms with van der Waals surface area (Å²) in [7, 11) is 0. The molecule has 33 heavy (non-hydrogen) atoms. The molecule has 8 heteroatoms. The molecule has 1 unspecified atom stereocenters. The predicted molar refractivity (Wildman–Crippen MR) is 123 cm³/mol. The van der Waals surface area contributed by atoms with Crippen LogP contribution in [0.2, 0.25) is 0 Å². The number of fused-ring (bicyclic) bond motifs is 3. The summed E-state index contributed by atoms with van der Waals surface area (Å²) in [4.78, 5) is 36.4. The number of rotatable bonds is 10. The Hall–Kier alpha value is -3.39. The minimum atomic E-state index is -1.22. The number of alkyl carbamates (subject to hydrolysis) is 1. The van der Waals surface area contributed by atoms with Gasteiger partial charge in [0, 0.05) is 25.5 Å². The molecule has 1 aliphatic carbocycles. The van der Waals surface area contributed by atoms with Crippen molar-refractivity contribution in [3.63, 3.8) is 0 Å². The van der Waals surface area contributed by atoms with Gasteiger partial charge in [-0.25, -0.2) is 9.59 Å². The summed E-state index contributed by atoms with van der Waals surface area (Å²) in [5.74, 6) is -1.80. The fourth-order valence-corrected chi connectivity index (χ4v) is 4.00. The van der Waals surface area contributed by atoms with Crippen molar-refractivity contribution in [2.75, 3.05) is 19.8 Å². The number of carboxylic acid groups (broad SMARTS) is 1. The third-order valence-electron chi connectivity index (χ3n) is 6.32. The Balaban J connectivity index is 1.59. The predicted octanol–water partition coefficient (Wildman–Crippen LogP) is 2.89. The molecule has 2 aromatic rings. The van der Waals surface area contributed by atoms with E-state index >= 15 is 0 Å². The number of hydrogen-bond acceptors (Lipinski definition) is 5. The molecule has 0 spiro atoms. The van der Waals surface area contributed by atoms with Crippen LogP contribution in [-0.4, -0.2) is 54.0 Å². The Bertz CT molecular complexity index is 978. The summed E-state index contributed by atoms with van der Waals surface area (Å²) in [5.41, 5.74) is 3.44. The van der Waals surface area contributed by atoms with Crippen LogP contribution >= 0.6 is 0 Å². The van der Waals surface area contributed by atoms with Crippen molar-refractivity contribution in [2.45, 2.75) is 38.6 Å². The number of carboxylic acids is 1. The van der Waals surface area contributed by atoms with E-state index in [0.717, 1.165) is 22.3 Å². The molecular formula is C25H30N2O6. The fraction of sp³-hybridized carbons (Fsp3) is 0.400. The van der Waals surface area contributed by atoms with Crippen LogP contribution in [0.15, 0.2) is 48.5 Å². The second-order valence-electron chi connectivity index (χ2n) is 8.47. The van der Waals surface area contributed by atoms with E-state index < -0.39 is 29.4 Å². The molecule has 8 nitrogen and oxygen atoms in total. The second-order valence-corrected chi connectivity index (χ2v) is 8.47. The highest BCUT2D eigenvalue weighted by Gasteiger charge is 2.35. The zero-order valence-electron chi connectivity index (χ0n) is 18.8. The monoisotopic (exact) mass is 454 g/mol. The van der Waals surface area contributed by atoms with E-state index in [0.29, 0.717) is 6.42 Å². The van der Waals surface area contributed by atoms with E-state index in [2.05, 4.69) is 22.8 Å². The van der Waals surface area contributed by atoms with Gasteiger partial charge in [-0.2, -0.15) is 0 Å². The summed E-state index contributed by atoms with van der Waals surface area (Å²) >= 11 is 0. The van der Waals surface area contributed by atoms with E-state index in [4.69, 9.17) is 9.84 Å². The van der Waals surface area contributed by atoms with Crippen molar-refractivity contribution in [1.82, 2.24) is 10.6 Å². The largest absolute Gasteiger partial charge is 0.480 e. The number of aliphatic carboxylic acids is 1. The van der Waals surface area contributed by atoms with Gasteiger partial charge >= 0.3 is 12.1 Å². The van der Waals surface area contributed by atoms with Crippen LogP contribution in [0, 0.1) is 5.41 Å². The van der Waals surface area contributed by atoms with Crippen LogP contribution in [0.5, 0.6) is 0 Å². The first-order valence-electron chi connectivity index (χ1n) is 11.0. The molecule has 0 saturated heterocycles. The zero-order chi connectivity index (χ0) is 24.0. The molecule has 3 rings (SSSR count). The van der Waals surface area contributed by atoms with E-state index in [-0.39, 0.29) is 32.1 Å². The van der Waals surface area contributed by atoms with Crippen molar-refractivity contribution in [3.8, 4) is 11.1 Å². The van der Waals surface area contributed by atoms with Gasteiger partial charge in [0.25, 0.3) is 0 Å². The third-order valence-corrected chi connectivity index (χ3v) is 6.32. The lowest BCUT2D eigenvalue weighted by atomic mass is 9.86. The van der Waals surface area contributed by atoms with Gasteiger partial charge in [-0.3, -0.25) is 4.79 Å². The number of hydrogen-bond donors (Lipinski definition) is 4. The quantitative estimate of drug-likeness (QED) is 0.438. The smallest absolute Gasteiger partial charge is 0.407 e. The van der Waals surface area contributed by atoms with E-state index in [9.17, 15) is 19.5 Å². The van der Waals surface area contributed by atoms with Gasteiger partial charge in [0.15, 0.2) is 0 Å². The van der Waals surface area contributed by atoms with Crippen LogP contribution in [0.1, 0.15) is 43.7 Å². The minimum absolute atomic E-state index is 0.0164. The van der Waals surface area contributed by atoms with Gasteiger partial charge in [0.2, 0.25) is 5.91 Å². The van der Waals surface area contributed by atoms with Crippen molar-refractivity contribution in [2.24, 2.45) is 5.41 Å². The number of nitrogens with one attached hydrogen (secondary N) is 2. The molecule has 0 bridgehead atoms. The molecule has 0 fully saturated rings. The fourth-order valence-electron chi connectivity index (χ4n) is 4.00. The maximum Gasteiger partial charge on any atom is 0.407 e. The SMILES string of the molecule is CCC(C)(CNC(=O)OCC1c2ccccc2-c2ccccc21)C(=O)N[C@@H](CCO)C(=O)O. The molecule has 4 N–H and O–H groups in total. The summed E-state index contributed by atoms with van der Waals surface area (Å²) in [6.45, 7) is 3.20. The first-order valence-corrected chi connectivity index (χ1v) is 11.0. The van der Waals surface area contributed by atoms with Crippen molar-refractivity contribution in [1.29, 1.82) is 0 Å². The molecule has 1 aliphatic rings. The number of amides is 2. The number of aliphatic hydroxyl groups is 1. The molecule has 0 heterocycles. The van der Waals surface area contributed by atoms with E-state index in [1.807, 2.05) is 36.4 Å². The number of ether oxygens (including phenoxy) is 1. The molecule has 2 aromatic carbocycles.